The van der Waals surface area contributed by atoms with Gasteiger partial charge in [0.2, 0.25) is 5.91 Å². The molecule has 118 valence electrons. The molecule has 0 saturated heterocycles. The van der Waals surface area contributed by atoms with E-state index >= 15 is 0 Å². The number of ether oxygens (including phenoxy) is 1. The van der Waals surface area contributed by atoms with Gasteiger partial charge < -0.3 is 14.7 Å². The van der Waals surface area contributed by atoms with Gasteiger partial charge in [0.15, 0.2) is 0 Å². The smallest absolute Gasteiger partial charge is 0.326 e. The topological polar surface area (TPSA) is 66.8 Å². The molecule has 1 amide bonds. The highest BCUT2D eigenvalue weighted by Gasteiger charge is 2.58. The van der Waals surface area contributed by atoms with Crippen LogP contribution >= 0.6 is 0 Å². The number of hydrogen-bond donors (Lipinski definition) is 1. The number of nitrogens with zero attached hydrogens (tertiary/aromatic N) is 1. The quantitative estimate of drug-likeness (QED) is 0.846. The van der Waals surface area contributed by atoms with Gasteiger partial charge in [-0.1, -0.05) is 18.2 Å². The van der Waals surface area contributed by atoms with E-state index in [1.165, 1.54) is 4.90 Å². The van der Waals surface area contributed by atoms with Crippen molar-refractivity contribution >= 4 is 17.6 Å². The number of esters is 1. The van der Waals surface area contributed by atoms with Gasteiger partial charge in [-0.3, -0.25) is 9.59 Å². The molecule has 1 spiro atoms. The van der Waals surface area contributed by atoms with Crippen molar-refractivity contribution in [3.8, 4) is 0 Å². The number of carbonyl (C=O) groups is 2. The predicted molar refractivity (Wildman–Crippen MR) is 81.6 cm³/mol. The Balaban J connectivity index is 1.87. The molecule has 2 aliphatic rings. The largest absolute Gasteiger partial charge is 0.459 e. The molecule has 0 atom stereocenters. The Hall–Kier alpha value is -1.88. The Morgan fingerprint density at radius 2 is 2.00 bits per heavy atom. The van der Waals surface area contributed by atoms with Crippen molar-refractivity contribution < 1.29 is 19.4 Å². The summed E-state index contributed by atoms with van der Waals surface area (Å²) in [6.45, 7) is 5.31. The number of para-hydroxylation sites is 1. The van der Waals surface area contributed by atoms with E-state index in [0.29, 0.717) is 12.8 Å². The summed E-state index contributed by atoms with van der Waals surface area (Å²) in [5.74, 6) is -0.530. The molecule has 1 saturated carbocycles. The number of hydrogen-bond acceptors (Lipinski definition) is 4. The number of anilines is 1. The van der Waals surface area contributed by atoms with E-state index in [1.54, 1.807) is 20.8 Å². The fourth-order valence-corrected chi connectivity index (χ4v) is 3.40. The minimum Gasteiger partial charge on any atom is -0.459 e. The first-order valence-corrected chi connectivity index (χ1v) is 7.54. The average Bonchev–Trinajstić information content (AvgIpc) is 2.60. The van der Waals surface area contributed by atoms with Crippen molar-refractivity contribution in [2.24, 2.45) is 0 Å². The Labute approximate surface area is 129 Å². The van der Waals surface area contributed by atoms with Crippen LogP contribution in [0.1, 0.15) is 39.2 Å². The molecule has 3 rings (SSSR count). The van der Waals surface area contributed by atoms with E-state index in [9.17, 15) is 14.7 Å². The van der Waals surface area contributed by atoms with E-state index in [-0.39, 0.29) is 12.5 Å². The lowest BCUT2D eigenvalue weighted by Gasteiger charge is -2.41. The van der Waals surface area contributed by atoms with Crippen molar-refractivity contribution in [2.45, 2.75) is 50.7 Å². The van der Waals surface area contributed by atoms with Crippen LogP contribution in [0.4, 0.5) is 5.69 Å². The Morgan fingerprint density at radius 1 is 1.36 bits per heavy atom. The second-order valence-electron chi connectivity index (χ2n) is 7.14. The molecule has 5 nitrogen and oxygen atoms in total. The Kier molecular flexibility index (Phi) is 3.29. The van der Waals surface area contributed by atoms with E-state index in [2.05, 4.69) is 0 Å². The number of benzene rings is 1. The van der Waals surface area contributed by atoms with E-state index in [0.717, 1.165) is 11.3 Å². The molecule has 1 heterocycles. The van der Waals surface area contributed by atoms with Crippen molar-refractivity contribution in [1.29, 1.82) is 0 Å². The summed E-state index contributed by atoms with van der Waals surface area (Å²) in [6, 6.07) is 7.49. The normalized spacial score (nSPS) is 26.8. The van der Waals surface area contributed by atoms with Crippen molar-refractivity contribution in [3.05, 3.63) is 29.8 Å². The first kappa shape index (κ1) is 15.0. The lowest BCUT2D eigenvalue weighted by atomic mass is 9.63. The van der Waals surface area contributed by atoms with Crippen LogP contribution in [-0.4, -0.2) is 35.2 Å². The molecule has 0 bridgehead atoms. The molecular formula is C17H21NO4. The van der Waals surface area contributed by atoms with Gasteiger partial charge in [-0.05, 0) is 45.2 Å². The zero-order valence-electron chi connectivity index (χ0n) is 13.1. The van der Waals surface area contributed by atoms with Gasteiger partial charge in [0.05, 0.1) is 11.5 Å². The third-order valence-corrected chi connectivity index (χ3v) is 4.24. The molecule has 0 aromatic heterocycles. The number of aliphatic hydroxyl groups excluding tert-OH is 1. The van der Waals surface area contributed by atoms with Crippen LogP contribution in [0.3, 0.4) is 0 Å². The third kappa shape index (κ3) is 2.29. The van der Waals surface area contributed by atoms with Crippen molar-refractivity contribution in [1.82, 2.24) is 0 Å². The summed E-state index contributed by atoms with van der Waals surface area (Å²) in [4.78, 5) is 26.4. The Morgan fingerprint density at radius 3 is 2.59 bits per heavy atom. The van der Waals surface area contributed by atoms with Crippen LogP contribution in [-0.2, 0) is 19.7 Å². The van der Waals surface area contributed by atoms with Crippen LogP contribution in [0.2, 0.25) is 0 Å². The second-order valence-corrected chi connectivity index (χ2v) is 7.14. The highest BCUT2D eigenvalue weighted by molar-refractivity contribution is 6.11. The van der Waals surface area contributed by atoms with E-state index < -0.39 is 23.1 Å². The SMILES string of the molecule is CC(C)(C)OC(=O)CN1C(=O)C2(CC(O)C2)c2ccccc21. The maximum absolute atomic E-state index is 12.8. The first-order valence-electron chi connectivity index (χ1n) is 7.54. The van der Waals surface area contributed by atoms with Gasteiger partial charge in [0.25, 0.3) is 0 Å². The van der Waals surface area contributed by atoms with Gasteiger partial charge in [-0.2, -0.15) is 0 Å². The molecule has 22 heavy (non-hydrogen) atoms. The van der Waals surface area contributed by atoms with Gasteiger partial charge >= 0.3 is 5.97 Å². The van der Waals surface area contributed by atoms with Crippen LogP contribution in [0.15, 0.2) is 24.3 Å². The predicted octanol–water partition coefficient (Wildman–Crippen LogP) is 1.77. The second kappa shape index (κ2) is 4.81. The van der Waals surface area contributed by atoms with Crippen molar-refractivity contribution in [3.63, 3.8) is 0 Å². The monoisotopic (exact) mass is 303 g/mol. The van der Waals surface area contributed by atoms with Crippen LogP contribution in [0, 0.1) is 0 Å². The van der Waals surface area contributed by atoms with Gasteiger partial charge in [0.1, 0.15) is 12.1 Å². The van der Waals surface area contributed by atoms with Gasteiger partial charge in [0, 0.05) is 5.69 Å². The van der Waals surface area contributed by atoms with E-state index in [1.807, 2.05) is 24.3 Å². The molecule has 0 radical (unpaired) electrons. The fraction of sp³-hybridized carbons (Fsp3) is 0.529. The van der Waals surface area contributed by atoms with Crippen LogP contribution in [0.25, 0.3) is 0 Å². The molecule has 1 aromatic carbocycles. The maximum Gasteiger partial charge on any atom is 0.326 e. The summed E-state index contributed by atoms with van der Waals surface area (Å²) >= 11 is 0. The molecule has 1 aromatic rings. The number of carbonyl (C=O) groups excluding carboxylic acids is 2. The summed E-state index contributed by atoms with van der Waals surface area (Å²) in [5.41, 5.74) is 0.431. The summed E-state index contributed by atoms with van der Waals surface area (Å²) < 4.78 is 5.32. The lowest BCUT2D eigenvalue weighted by molar-refractivity contribution is -0.154. The summed E-state index contributed by atoms with van der Waals surface area (Å²) in [7, 11) is 0. The highest BCUT2D eigenvalue weighted by atomic mass is 16.6. The van der Waals surface area contributed by atoms with Gasteiger partial charge in [-0.15, -0.1) is 0 Å². The van der Waals surface area contributed by atoms with Crippen LogP contribution in [0.5, 0.6) is 0 Å². The number of amides is 1. The molecular weight excluding hydrogens is 282 g/mol. The van der Waals surface area contributed by atoms with Gasteiger partial charge in [-0.25, -0.2) is 0 Å². The highest BCUT2D eigenvalue weighted by Crippen LogP contribution is 2.53. The number of fused-ring (bicyclic) bond motifs is 2. The van der Waals surface area contributed by atoms with E-state index in [4.69, 9.17) is 4.74 Å². The number of rotatable bonds is 2. The minimum absolute atomic E-state index is 0.0923. The zero-order valence-corrected chi connectivity index (χ0v) is 13.1. The lowest BCUT2D eigenvalue weighted by Crippen LogP contribution is -2.52. The third-order valence-electron chi connectivity index (χ3n) is 4.24. The van der Waals surface area contributed by atoms with Crippen LogP contribution < -0.4 is 4.90 Å². The molecule has 1 fully saturated rings. The summed E-state index contributed by atoms with van der Waals surface area (Å²) in [5, 5.41) is 9.68. The Bertz CT molecular complexity index is 626. The maximum atomic E-state index is 12.8. The average molecular weight is 303 g/mol. The molecule has 5 heteroatoms. The molecule has 1 N–H and O–H groups in total. The summed E-state index contributed by atoms with van der Waals surface area (Å²) in [6.07, 6.45) is 0.403. The standard InChI is InChI=1S/C17H21NO4/c1-16(2,3)22-14(20)10-18-13-7-5-4-6-12(13)17(15(18)21)8-11(19)9-17/h4-7,11,19H,8-10H2,1-3H3. The number of aliphatic hydroxyl groups is 1. The zero-order chi connectivity index (χ0) is 16.1. The molecule has 0 unspecified atom stereocenters. The molecule has 1 aliphatic carbocycles. The minimum atomic E-state index is -0.655. The fourth-order valence-electron chi connectivity index (χ4n) is 3.40. The molecule has 1 aliphatic heterocycles. The first-order chi connectivity index (χ1) is 10.2. The van der Waals surface area contributed by atoms with Crippen molar-refractivity contribution in [2.75, 3.05) is 11.4 Å².